The van der Waals surface area contributed by atoms with Gasteiger partial charge in [0.15, 0.2) is 18.9 Å². The smallest absolute Gasteiger partial charge is 0.220 e. The van der Waals surface area contributed by atoms with Gasteiger partial charge in [-0.15, -0.1) is 0 Å². The second-order valence-corrected chi connectivity index (χ2v) is 25.3. The number of hydrogen-bond donors (Lipinski definition) is 12. The van der Waals surface area contributed by atoms with Crippen molar-refractivity contribution in [1.82, 2.24) is 5.32 Å². The van der Waals surface area contributed by atoms with E-state index in [0.717, 1.165) is 70.6 Å². The number of ether oxygens (including phenoxy) is 6. The average molecular weight is 1310 g/mol. The molecule has 3 aliphatic heterocycles. The highest BCUT2D eigenvalue weighted by Crippen LogP contribution is 2.33. The normalized spacial score (nSPS) is 28.2. The Morgan fingerprint density at radius 1 is 0.402 bits per heavy atom. The molecule has 3 heterocycles. The van der Waals surface area contributed by atoms with Crippen molar-refractivity contribution < 1.29 is 89.4 Å². The summed E-state index contributed by atoms with van der Waals surface area (Å²) in [5.74, 6) is -0.290. The molecule has 0 bridgehead atoms. The molecule has 17 atom stereocenters. The topological polar surface area (TPSA) is 307 Å². The van der Waals surface area contributed by atoms with Crippen LogP contribution >= 0.6 is 0 Å². The number of hydrogen-bond acceptors (Lipinski definition) is 18. The molecule has 532 valence electrons. The summed E-state index contributed by atoms with van der Waals surface area (Å²) in [6.07, 6.45) is 43.0. The third-order valence-electron chi connectivity index (χ3n) is 17.4. The van der Waals surface area contributed by atoms with Crippen LogP contribution in [0.5, 0.6) is 0 Å². The standard InChI is InChI=1S/C73H127NO18/c1-3-5-7-9-11-13-15-17-19-20-21-22-23-24-25-26-27-28-29-30-31-32-33-34-35-36-37-39-41-43-45-47-49-51-61(79)74-56(57(78)50-48-46-44-42-40-38-18-16-14-12-10-8-6-4-2)55-87-71-67(85)64(82)69(59(53-76)89-71)92-73-68(86)65(83)70(60(54-77)90-73)91-72-66(84)63(81)62(80)58(52-75)88-72/h5,7,11,13-14,16-17,19,21-22,40,42,48,50,56-60,62-73,75-78,80-86H,3-4,6,8-10,12,15,18,20,23-39,41,43-47,49,51-55H2,1-2H3,(H,74,79)/b7-5-,13-11-,16-14+,19-17-,22-21-,42-40+,50-48+. The van der Waals surface area contributed by atoms with E-state index in [4.69, 9.17) is 28.4 Å². The van der Waals surface area contributed by atoms with Gasteiger partial charge in [0.1, 0.15) is 73.2 Å². The summed E-state index contributed by atoms with van der Waals surface area (Å²) in [5.41, 5.74) is 0. The van der Waals surface area contributed by atoms with Crippen molar-refractivity contribution in [3.8, 4) is 0 Å². The molecule has 3 fully saturated rings. The van der Waals surface area contributed by atoms with Gasteiger partial charge in [-0.25, -0.2) is 0 Å². The van der Waals surface area contributed by atoms with Gasteiger partial charge in [0, 0.05) is 6.42 Å². The lowest BCUT2D eigenvalue weighted by molar-refractivity contribution is -0.379. The number of allylic oxidation sites excluding steroid dienone is 13. The molecule has 0 aromatic rings. The molecule has 0 aliphatic carbocycles. The third kappa shape index (κ3) is 35.3. The third-order valence-corrected chi connectivity index (χ3v) is 17.4. The van der Waals surface area contributed by atoms with Crippen LogP contribution in [-0.4, -0.2) is 193 Å². The molecule has 3 saturated heterocycles. The first-order valence-electron chi connectivity index (χ1n) is 35.8. The van der Waals surface area contributed by atoms with Gasteiger partial charge in [-0.2, -0.15) is 0 Å². The quantitative estimate of drug-likeness (QED) is 0.0199. The minimum absolute atomic E-state index is 0.231. The van der Waals surface area contributed by atoms with Crippen molar-refractivity contribution in [1.29, 1.82) is 0 Å². The fourth-order valence-electron chi connectivity index (χ4n) is 11.6. The Morgan fingerprint density at radius 3 is 1.22 bits per heavy atom. The van der Waals surface area contributed by atoms with Crippen LogP contribution in [0.4, 0.5) is 0 Å². The monoisotopic (exact) mass is 1310 g/mol. The van der Waals surface area contributed by atoms with Gasteiger partial charge in [0.25, 0.3) is 0 Å². The van der Waals surface area contributed by atoms with E-state index in [-0.39, 0.29) is 18.9 Å². The van der Waals surface area contributed by atoms with Crippen LogP contribution in [-0.2, 0) is 33.2 Å². The number of amides is 1. The number of aliphatic hydroxyl groups excluding tert-OH is 11. The summed E-state index contributed by atoms with van der Waals surface area (Å²) < 4.78 is 34.3. The highest BCUT2D eigenvalue weighted by Gasteiger charge is 2.53. The minimum atomic E-state index is -1.98. The predicted molar refractivity (Wildman–Crippen MR) is 360 cm³/mol. The second-order valence-electron chi connectivity index (χ2n) is 25.3. The molecule has 19 nitrogen and oxygen atoms in total. The van der Waals surface area contributed by atoms with Gasteiger partial charge in [-0.3, -0.25) is 4.79 Å². The molecular weight excluding hydrogens is 1180 g/mol. The van der Waals surface area contributed by atoms with Gasteiger partial charge in [-0.05, 0) is 83.5 Å². The van der Waals surface area contributed by atoms with E-state index in [1.807, 2.05) is 6.08 Å². The van der Waals surface area contributed by atoms with E-state index in [0.29, 0.717) is 12.8 Å². The molecule has 92 heavy (non-hydrogen) atoms. The van der Waals surface area contributed by atoms with E-state index in [1.54, 1.807) is 6.08 Å². The maximum absolute atomic E-state index is 13.4. The van der Waals surface area contributed by atoms with Crippen LogP contribution < -0.4 is 5.32 Å². The Labute approximate surface area is 552 Å². The summed E-state index contributed by atoms with van der Waals surface area (Å²) in [4.78, 5) is 13.4. The molecule has 0 aromatic heterocycles. The molecule has 3 rings (SSSR count). The maximum Gasteiger partial charge on any atom is 0.220 e. The Bertz CT molecular complexity index is 2000. The van der Waals surface area contributed by atoms with Crippen molar-refractivity contribution >= 4 is 5.91 Å². The number of unbranched alkanes of at least 4 members (excludes halogenated alkanes) is 26. The van der Waals surface area contributed by atoms with Gasteiger partial charge in [0.2, 0.25) is 5.91 Å². The van der Waals surface area contributed by atoms with E-state index in [2.05, 4.69) is 92.1 Å². The molecule has 19 heteroatoms. The predicted octanol–water partition coefficient (Wildman–Crippen LogP) is 9.88. The minimum Gasteiger partial charge on any atom is -0.394 e. The van der Waals surface area contributed by atoms with Crippen LogP contribution in [0.2, 0.25) is 0 Å². The van der Waals surface area contributed by atoms with E-state index < -0.39 is 124 Å². The zero-order valence-electron chi connectivity index (χ0n) is 56.3. The van der Waals surface area contributed by atoms with Crippen LogP contribution in [0, 0.1) is 0 Å². The molecule has 12 N–H and O–H groups in total. The van der Waals surface area contributed by atoms with Crippen LogP contribution in [0.15, 0.2) is 85.1 Å². The molecule has 0 spiro atoms. The van der Waals surface area contributed by atoms with E-state index >= 15 is 0 Å². The number of aliphatic hydroxyl groups is 11. The summed E-state index contributed by atoms with van der Waals surface area (Å²) in [7, 11) is 0. The molecule has 3 aliphatic rings. The van der Waals surface area contributed by atoms with Crippen LogP contribution in [0.1, 0.15) is 239 Å². The first-order valence-corrected chi connectivity index (χ1v) is 35.8. The van der Waals surface area contributed by atoms with Gasteiger partial charge >= 0.3 is 0 Å². The van der Waals surface area contributed by atoms with Crippen molar-refractivity contribution in [2.45, 2.75) is 343 Å². The lowest BCUT2D eigenvalue weighted by Crippen LogP contribution is -2.66. The molecular formula is C73H127NO18. The molecule has 0 aromatic carbocycles. The summed E-state index contributed by atoms with van der Waals surface area (Å²) >= 11 is 0. The zero-order chi connectivity index (χ0) is 66.8. The lowest BCUT2D eigenvalue weighted by Gasteiger charge is -2.48. The van der Waals surface area contributed by atoms with Crippen molar-refractivity contribution in [2.24, 2.45) is 0 Å². The number of carbonyl (C=O) groups excluding carboxylic acids is 1. The number of nitrogens with one attached hydrogen (secondary N) is 1. The Hall–Kier alpha value is -3.03. The Morgan fingerprint density at radius 2 is 0.761 bits per heavy atom. The molecule has 0 saturated carbocycles. The highest BCUT2D eigenvalue weighted by molar-refractivity contribution is 5.76. The summed E-state index contributed by atoms with van der Waals surface area (Å²) in [5, 5.41) is 120. The zero-order valence-corrected chi connectivity index (χ0v) is 56.3. The summed E-state index contributed by atoms with van der Waals surface area (Å²) in [6, 6.07) is -0.998. The number of rotatable bonds is 54. The fraction of sp³-hybridized carbons (Fsp3) is 0.795. The van der Waals surface area contributed by atoms with Crippen molar-refractivity contribution in [3.63, 3.8) is 0 Å². The van der Waals surface area contributed by atoms with Crippen LogP contribution in [0.25, 0.3) is 0 Å². The first kappa shape index (κ1) is 83.2. The summed E-state index contributed by atoms with van der Waals surface area (Å²) in [6.45, 7) is 1.56. The molecule has 0 radical (unpaired) electrons. The maximum atomic E-state index is 13.4. The van der Waals surface area contributed by atoms with E-state index in [1.165, 1.54) is 135 Å². The fourth-order valence-corrected chi connectivity index (χ4v) is 11.6. The van der Waals surface area contributed by atoms with E-state index in [9.17, 15) is 61.0 Å². The Balaban J connectivity index is 1.36. The van der Waals surface area contributed by atoms with Crippen molar-refractivity contribution in [3.05, 3.63) is 85.1 Å². The first-order chi connectivity index (χ1) is 44.8. The lowest BCUT2D eigenvalue weighted by atomic mass is 9.96. The molecule has 17 unspecified atom stereocenters. The van der Waals surface area contributed by atoms with Gasteiger partial charge < -0.3 is 89.9 Å². The van der Waals surface area contributed by atoms with Gasteiger partial charge in [-0.1, -0.05) is 234 Å². The SMILES string of the molecule is CC/C=C\C/C=C\C/C=C\C/C=C\CCCCCCCCCCCCCCCCCCCCCCC(=O)NC(COC1OC(CO)C(OC2OC(CO)C(OC3OC(CO)C(O)C(O)C3O)C(O)C2O)C(O)C1O)C(O)/C=C/CC/C=C/CC/C=C/CCCCCC. The highest BCUT2D eigenvalue weighted by atomic mass is 16.8. The van der Waals surface area contributed by atoms with Crippen LogP contribution in [0.3, 0.4) is 0 Å². The second kappa shape index (κ2) is 54.0. The average Bonchev–Trinajstić information content (AvgIpc) is 0.840. The number of carbonyl (C=O) groups is 1. The largest absolute Gasteiger partial charge is 0.394 e. The molecule has 1 amide bonds. The Kier molecular flexibility index (Phi) is 48.9. The van der Waals surface area contributed by atoms with Crippen molar-refractivity contribution in [2.75, 3.05) is 26.4 Å². The van der Waals surface area contributed by atoms with Gasteiger partial charge in [0.05, 0.1) is 38.6 Å².